The summed E-state index contributed by atoms with van der Waals surface area (Å²) in [5, 5.41) is 3.10. The maximum atomic E-state index is 5.30. The molecule has 18 heavy (non-hydrogen) atoms. The molecule has 0 bridgehead atoms. The highest BCUT2D eigenvalue weighted by atomic mass is 79.9. The van der Waals surface area contributed by atoms with Gasteiger partial charge in [0.2, 0.25) is 5.96 Å². The van der Waals surface area contributed by atoms with E-state index in [0.29, 0.717) is 5.70 Å². The topological polar surface area (TPSA) is 57.7 Å². The fraction of sp³-hybridized carbons (Fsp3) is 0.250. The van der Waals surface area contributed by atoms with Crippen LogP contribution in [0.2, 0.25) is 0 Å². The number of rotatable bonds is 4. The largest absolute Gasteiger partial charge is 0.496 e. The van der Waals surface area contributed by atoms with E-state index in [1.54, 1.807) is 7.11 Å². The van der Waals surface area contributed by atoms with Crippen LogP contribution in [0.15, 0.2) is 34.2 Å². The van der Waals surface area contributed by atoms with Crippen molar-refractivity contribution in [1.29, 1.82) is 0 Å². The lowest BCUT2D eigenvalue weighted by atomic mass is 10.1. The smallest absolute Gasteiger partial charge is 0.210 e. The second kappa shape index (κ2) is 5.77. The van der Waals surface area contributed by atoms with Crippen LogP contribution in [0.1, 0.15) is 5.56 Å². The third-order valence-corrected chi connectivity index (χ3v) is 2.99. The predicted octanol–water partition coefficient (Wildman–Crippen LogP) is 1.48. The summed E-state index contributed by atoms with van der Waals surface area (Å²) in [6.07, 6.45) is 0. The van der Waals surface area contributed by atoms with Gasteiger partial charge in [-0.05, 0) is 18.2 Å². The summed E-state index contributed by atoms with van der Waals surface area (Å²) >= 11 is 3.43. The minimum Gasteiger partial charge on any atom is -0.496 e. The van der Waals surface area contributed by atoms with E-state index in [4.69, 9.17) is 4.74 Å². The molecule has 0 amide bonds. The zero-order chi connectivity index (χ0) is 13.0. The van der Waals surface area contributed by atoms with Gasteiger partial charge in [0, 0.05) is 16.6 Å². The molecular weight excluding hydrogens is 296 g/mol. The Bertz CT molecular complexity index is 487. The van der Waals surface area contributed by atoms with E-state index < -0.39 is 0 Å². The summed E-state index contributed by atoms with van der Waals surface area (Å²) in [4.78, 5) is 4.21. The van der Waals surface area contributed by atoms with Crippen molar-refractivity contribution in [3.05, 3.63) is 34.8 Å². The average molecular weight is 311 g/mol. The molecule has 0 saturated heterocycles. The van der Waals surface area contributed by atoms with Crippen molar-refractivity contribution < 1.29 is 4.74 Å². The lowest BCUT2D eigenvalue weighted by Gasteiger charge is -2.15. The molecule has 0 aromatic heterocycles. The Hall–Kier alpha value is -1.69. The molecule has 0 saturated carbocycles. The summed E-state index contributed by atoms with van der Waals surface area (Å²) in [6, 6.07) is 5.75. The summed E-state index contributed by atoms with van der Waals surface area (Å²) < 4.78 is 6.27. The molecule has 0 aliphatic carbocycles. The molecule has 1 heterocycles. The third kappa shape index (κ3) is 2.95. The van der Waals surface area contributed by atoms with Crippen molar-refractivity contribution in [2.45, 2.75) is 0 Å². The molecule has 1 aliphatic rings. The molecule has 2 rings (SSSR count). The Balaban J connectivity index is 2.05. The molecule has 96 valence electrons. The molecule has 0 spiro atoms. The highest BCUT2D eigenvalue weighted by molar-refractivity contribution is 9.10. The lowest BCUT2D eigenvalue weighted by molar-refractivity contribution is 0.413. The zero-order valence-electron chi connectivity index (χ0n) is 10.1. The maximum Gasteiger partial charge on any atom is 0.210 e. The van der Waals surface area contributed by atoms with Gasteiger partial charge in [0.1, 0.15) is 5.75 Å². The van der Waals surface area contributed by atoms with Crippen molar-refractivity contribution in [3.8, 4) is 5.75 Å². The highest BCUT2D eigenvalue weighted by Gasteiger charge is 2.09. The third-order valence-electron chi connectivity index (χ3n) is 2.49. The first-order chi connectivity index (χ1) is 8.70. The number of hydrogen-bond acceptors (Lipinski definition) is 5. The number of guanidine groups is 1. The van der Waals surface area contributed by atoms with E-state index in [2.05, 4.69) is 43.7 Å². The first-order valence-electron chi connectivity index (χ1n) is 5.54. The molecule has 0 radical (unpaired) electrons. The van der Waals surface area contributed by atoms with Crippen molar-refractivity contribution in [2.75, 3.05) is 20.2 Å². The van der Waals surface area contributed by atoms with Gasteiger partial charge in [-0.3, -0.25) is 15.8 Å². The minimum atomic E-state index is 0.713. The molecule has 5 nitrogen and oxygen atoms in total. The number of hydrogen-bond donors (Lipinski definition) is 3. The Labute approximate surface area is 114 Å². The number of ether oxygens (including phenoxy) is 1. The standard InChI is InChI=1S/C12H15BrN4O/c1-8(16-17-12-14-5-6-15-12)10-7-9(13)3-4-11(10)18-2/h3-4,7,16H,1,5-6H2,2H3,(H2,14,15,17). The molecule has 0 fully saturated rings. The number of benzene rings is 1. The van der Waals surface area contributed by atoms with Gasteiger partial charge in [-0.25, -0.2) is 0 Å². The van der Waals surface area contributed by atoms with Crippen molar-refractivity contribution >= 4 is 27.6 Å². The summed E-state index contributed by atoms with van der Waals surface area (Å²) in [5.74, 6) is 1.49. The van der Waals surface area contributed by atoms with Crippen LogP contribution >= 0.6 is 15.9 Å². The average Bonchev–Trinajstić information content (AvgIpc) is 2.89. The summed E-state index contributed by atoms with van der Waals surface area (Å²) in [6.45, 7) is 5.62. The van der Waals surface area contributed by atoms with Gasteiger partial charge in [-0.15, -0.1) is 0 Å². The van der Waals surface area contributed by atoms with Crippen LogP contribution in [-0.2, 0) is 0 Å². The summed E-state index contributed by atoms with van der Waals surface area (Å²) in [5.41, 5.74) is 7.57. The molecule has 0 unspecified atom stereocenters. The summed E-state index contributed by atoms with van der Waals surface area (Å²) in [7, 11) is 1.63. The van der Waals surface area contributed by atoms with Gasteiger partial charge in [0.05, 0.1) is 19.4 Å². The van der Waals surface area contributed by atoms with Crippen LogP contribution in [0.25, 0.3) is 5.70 Å². The molecule has 1 aliphatic heterocycles. The Morgan fingerprint density at radius 2 is 2.39 bits per heavy atom. The Morgan fingerprint density at radius 1 is 1.56 bits per heavy atom. The number of nitrogens with zero attached hydrogens (tertiary/aromatic N) is 1. The lowest BCUT2D eigenvalue weighted by Crippen LogP contribution is -2.42. The monoisotopic (exact) mass is 310 g/mol. The Kier molecular flexibility index (Phi) is 4.09. The van der Waals surface area contributed by atoms with Crippen LogP contribution in [0.3, 0.4) is 0 Å². The van der Waals surface area contributed by atoms with Crippen molar-refractivity contribution in [1.82, 2.24) is 16.2 Å². The highest BCUT2D eigenvalue weighted by Crippen LogP contribution is 2.26. The minimum absolute atomic E-state index is 0.713. The van der Waals surface area contributed by atoms with Crippen LogP contribution in [0, 0.1) is 0 Å². The van der Waals surface area contributed by atoms with E-state index in [1.807, 2.05) is 18.2 Å². The number of hydrazine groups is 1. The molecular formula is C12H15BrN4O. The van der Waals surface area contributed by atoms with Gasteiger partial charge in [-0.2, -0.15) is 0 Å². The number of aliphatic imine (C=N–C) groups is 1. The van der Waals surface area contributed by atoms with Gasteiger partial charge in [-0.1, -0.05) is 22.5 Å². The molecule has 1 aromatic carbocycles. The zero-order valence-corrected chi connectivity index (χ0v) is 11.7. The molecule has 0 atom stereocenters. The number of nitrogens with one attached hydrogen (secondary N) is 3. The van der Waals surface area contributed by atoms with Gasteiger partial charge >= 0.3 is 0 Å². The molecule has 6 heteroatoms. The normalized spacial score (nSPS) is 13.6. The quantitative estimate of drug-likeness (QED) is 0.737. The fourth-order valence-electron chi connectivity index (χ4n) is 1.60. The van der Waals surface area contributed by atoms with Crippen LogP contribution < -0.4 is 20.9 Å². The van der Waals surface area contributed by atoms with E-state index in [-0.39, 0.29) is 0 Å². The fourth-order valence-corrected chi connectivity index (χ4v) is 1.96. The predicted molar refractivity (Wildman–Crippen MR) is 76.3 cm³/mol. The van der Waals surface area contributed by atoms with E-state index in [1.165, 1.54) is 0 Å². The number of halogens is 1. The number of methoxy groups -OCH3 is 1. The first kappa shape index (κ1) is 12.8. The second-order valence-electron chi connectivity index (χ2n) is 3.73. The molecule has 1 aromatic rings. The molecule has 3 N–H and O–H groups in total. The first-order valence-corrected chi connectivity index (χ1v) is 6.33. The van der Waals surface area contributed by atoms with E-state index in [0.717, 1.165) is 34.8 Å². The van der Waals surface area contributed by atoms with E-state index in [9.17, 15) is 0 Å². The second-order valence-corrected chi connectivity index (χ2v) is 4.65. The van der Waals surface area contributed by atoms with Gasteiger partial charge in [0.15, 0.2) is 0 Å². The van der Waals surface area contributed by atoms with Crippen LogP contribution in [-0.4, -0.2) is 26.2 Å². The van der Waals surface area contributed by atoms with Crippen molar-refractivity contribution in [3.63, 3.8) is 0 Å². The maximum absolute atomic E-state index is 5.30. The van der Waals surface area contributed by atoms with Crippen LogP contribution in [0.5, 0.6) is 5.75 Å². The Morgan fingerprint density at radius 3 is 3.06 bits per heavy atom. The van der Waals surface area contributed by atoms with E-state index >= 15 is 0 Å². The SMILES string of the molecule is C=C(NNC1=NCCN1)c1cc(Br)ccc1OC. The van der Waals surface area contributed by atoms with Crippen LogP contribution in [0.4, 0.5) is 0 Å². The van der Waals surface area contributed by atoms with Gasteiger partial charge < -0.3 is 10.1 Å². The van der Waals surface area contributed by atoms with Crippen molar-refractivity contribution in [2.24, 2.45) is 4.99 Å². The van der Waals surface area contributed by atoms with Gasteiger partial charge in [0.25, 0.3) is 0 Å².